The maximum absolute atomic E-state index is 10.2. The Kier molecular flexibility index (Phi) is 5.82. The molecular weight excluding hydrogens is 176 g/mol. The summed E-state index contributed by atoms with van der Waals surface area (Å²) in [6.45, 7) is 0.506. The normalized spacial score (nSPS) is 12.4. The van der Waals surface area contributed by atoms with Gasteiger partial charge in [0.1, 0.15) is 0 Å². The molecule has 0 rings (SSSR count). The molecule has 0 aliphatic rings. The summed E-state index contributed by atoms with van der Waals surface area (Å²) in [6.07, 6.45) is -1.05. The van der Waals surface area contributed by atoms with E-state index in [1.807, 2.05) is 0 Å². The fourth-order valence-electron chi connectivity index (χ4n) is 0.754. The molecule has 1 atom stereocenters. The largest absolute Gasteiger partial charge is 0.481 e. The van der Waals surface area contributed by atoms with Crippen molar-refractivity contribution < 1.29 is 19.8 Å². The zero-order chi connectivity index (χ0) is 10.3. The summed E-state index contributed by atoms with van der Waals surface area (Å²) in [6, 6.07) is 0. The van der Waals surface area contributed by atoms with Crippen LogP contribution in [0.15, 0.2) is 0 Å². The highest BCUT2D eigenvalue weighted by molar-refractivity contribution is 5.73. The zero-order valence-electron chi connectivity index (χ0n) is 7.19. The number of hydrogen-bond acceptors (Lipinski definition) is 4. The van der Waals surface area contributed by atoms with E-state index in [2.05, 4.69) is 5.32 Å². The maximum Gasteiger partial charge on any atom is 0.306 e. The van der Waals surface area contributed by atoms with Gasteiger partial charge in [-0.3, -0.25) is 9.59 Å². The molecule has 1 amide bonds. The number of carbonyl (C=O) groups excluding carboxylic acids is 1. The molecule has 0 saturated carbocycles. The van der Waals surface area contributed by atoms with Crippen molar-refractivity contribution in [2.45, 2.75) is 18.9 Å². The van der Waals surface area contributed by atoms with Crippen LogP contribution < -0.4 is 11.1 Å². The van der Waals surface area contributed by atoms with E-state index in [0.29, 0.717) is 6.54 Å². The van der Waals surface area contributed by atoms with Gasteiger partial charge in [-0.1, -0.05) is 0 Å². The van der Waals surface area contributed by atoms with E-state index in [0.717, 1.165) is 0 Å². The summed E-state index contributed by atoms with van der Waals surface area (Å²) < 4.78 is 0. The predicted octanol–water partition coefficient (Wildman–Crippen LogP) is -1.71. The van der Waals surface area contributed by atoms with Crippen molar-refractivity contribution in [3.63, 3.8) is 0 Å². The molecule has 0 aliphatic heterocycles. The monoisotopic (exact) mass is 190 g/mol. The molecule has 0 aliphatic carbocycles. The Hall–Kier alpha value is -1.14. The van der Waals surface area contributed by atoms with Crippen LogP contribution in [0.2, 0.25) is 0 Å². The van der Waals surface area contributed by atoms with E-state index in [1.165, 1.54) is 0 Å². The Balaban J connectivity index is 3.31. The molecule has 0 aromatic rings. The fraction of sp³-hybridized carbons (Fsp3) is 0.714. The molecule has 0 heterocycles. The van der Waals surface area contributed by atoms with Crippen LogP contribution >= 0.6 is 0 Å². The summed E-state index contributed by atoms with van der Waals surface area (Å²) in [7, 11) is 0. The van der Waals surface area contributed by atoms with Crippen LogP contribution in [-0.4, -0.2) is 41.3 Å². The van der Waals surface area contributed by atoms with Crippen molar-refractivity contribution >= 4 is 11.9 Å². The minimum atomic E-state index is -1.05. The van der Waals surface area contributed by atoms with Crippen molar-refractivity contribution in [2.75, 3.05) is 13.1 Å². The van der Waals surface area contributed by atoms with Gasteiger partial charge < -0.3 is 21.3 Å². The van der Waals surface area contributed by atoms with Gasteiger partial charge in [-0.2, -0.15) is 0 Å². The lowest BCUT2D eigenvalue weighted by atomic mass is 10.2. The number of aliphatic hydroxyl groups is 1. The number of aliphatic hydroxyl groups excluding tert-OH is 1. The fourth-order valence-corrected chi connectivity index (χ4v) is 0.754. The van der Waals surface area contributed by atoms with Crippen molar-refractivity contribution in [1.82, 2.24) is 5.32 Å². The molecule has 0 aromatic heterocycles. The van der Waals surface area contributed by atoms with Crippen LogP contribution in [0.1, 0.15) is 12.8 Å². The molecule has 13 heavy (non-hydrogen) atoms. The number of primary amides is 1. The molecule has 0 radical (unpaired) electrons. The smallest absolute Gasteiger partial charge is 0.306 e. The van der Waals surface area contributed by atoms with Gasteiger partial charge in [0.15, 0.2) is 0 Å². The first-order chi connectivity index (χ1) is 6.02. The highest BCUT2D eigenvalue weighted by atomic mass is 16.4. The molecule has 0 fully saturated rings. The number of carboxylic acids is 1. The van der Waals surface area contributed by atoms with Crippen LogP contribution in [0.3, 0.4) is 0 Å². The third-order valence-corrected chi connectivity index (χ3v) is 1.34. The lowest BCUT2D eigenvalue weighted by molar-refractivity contribution is -0.139. The van der Waals surface area contributed by atoms with Crippen molar-refractivity contribution in [2.24, 2.45) is 5.73 Å². The first-order valence-corrected chi connectivity index (χ1v) is 3.91. The van der Waals surface area contributed by atoms with Crippen LogP contribution in [-0.2, 0) is 9.59 Å². The number of carbonyl (C=O) groups is 2. The Labute approximate surface area is 75.7 Å². The molecule has 5 N–H and O–H groups in total. The number of rotatable bonds is 7. The number of nitrogens with two attached hydrogens (primary N) is 1. The van der Waals surface area contributed by atoms with Gasteiger partial charge >= 0.3 is 5.97 Å². The Morgan fingerprint density at radius 3 is 2.54 bits per heavy atom. The zero-order valence-corrected chi connectivity index (χ0v) is 7.19. The molecular formula is C7H14N2O4. The van der Waals surface area contributed by atoms with Gasteiger partial charge in [0.2, 0.25) is 5.91 Å². The lowest BCUT2D eigenvalue weighted by Gasteiger charge is -2.08. The molecule has 76 valence electrons. The summed E-state index contributed by atoms with van der Waals surface area (Å²) in [5.41, 5.74) is 4.85. The first-order valence-electron chi connectivity index (χ1n) is 3.91. The number of nitrogens with one attached hydrogen (secondary N) is 1. The second-order valence-corrected chi connectivity index (χ2v) is 2.67. The van der Waals surface area contributed by atoms with E-state index in [1.54, 1.807) is 0 Å². The van der Waals surface area contributed by atoms with E-state index < -0.39 is 18.0 Å². The lowest BCUT2D eigenvalue weighted by Crippen LogP contribution is -2.31. The molecule has 6 nitrogen and oxygen atoms in total. The van der Waals surface area contributed by atoms with Gasteiger partial charge in [-0.05, 0) is 0 Å². The Morgan fingerprint density at radius 2 is 2.08 bits per heavy atom. The molecule has 0 spiro atoms. The van der Waals surface area contributed by atoms with Gasteiger partial charge in [-0.25, -0.2) is 0 Å². The Morgan fingerprint density at radius 1 is 1.46 bits per heavy atom. The van der Waals surface area contributed by atoms with Gasteiger partial charge in [0, 0.05) is 19.5 Å². The van der Waals surface area contributed by atoms with Crippen LogP contribution in [0.25, 0.3) is 0 Å². The molecule has 0 bridgehead atoms. The SMILES string of the molecule is NC(=O)CCNCC(O)CC(=O)O. The predicted molar refractivity (Wildman–Crippen MR) is 44.9 cm³/mol. The number of carboxylic acid groups (broad SMARTS) is 1. The third kappa shape index (κ3) is 8.77. The number of hydrogen-bond donors (Lipinski definition) is 4. The van der Waals surface area contributed by atoms with Gasteiger partial charge in [-0.15, -0.1) is 0 Å². The molecule has 1 unspecified atom stereocenters. The Bertz CT molecular complexity index is 183. The van der Waals surface area contributed by atoms with Crippen molar-refractivity contribution in [3.05, 3.63) is 0 Å². The quantitative estimate of drug-likeness (QED) is 0.357. The maximum atomic E-state index is 10.2. The van der Waals surface area contributed by atoms with E-state index >= 15 is 0 Å². The van der Waals surface area contributed by atoms with E-state index in [4.69, 9.17) is 15.9 Å². The summed E-state index contributed by atoms with van der Waals surface area (Å²) >= 11 is 0. The highest BCUT2D eigenvalue weighted by Crippen LogP contribution is 1.88. The average molecular weight is 190 g/mol. The highest BCUT2D eigenvalue weighted by Gasteiger charge is 2.08. The van der Waals surface area contributed by atoms with Crippen LogP contribution in [0.5, 0.6) is 0 Å². The van der Waals surface area contributed by atoms with Crippen molar-refractivity contribution in [3.8, 4) is 0 Å². The summed E-state index contributed by atoms with van der Waals surface area (Å²) in [5, 5.41) is 20.0. The standard InChI is InChI=1S/C7H14N2O4/c8-6(11)1-2-9-4-5(10)3-7(12)13/h5,9-10H,1-4H2,(H2,8,11)(H,12,13). The number of aliphatic carboxylic acids is 1. The van der Waals surface area contributed by atoms with E-state index in [-0.39, 0.29) is 19.4 Å². The second kappa shape index (κ2) is 6.38. The summed E-state index contributed by atoms with van der Waals surface area (Å²) in [5.74, 6) is -1.48. The van der Waals surface area contributed by atoms with Crippen LogP contribution in [0.4, 0.5) is 0 Å². The van der Waals surface area contributed by atoms with E-state index in [9.17, 15) is 9.59 Å². The average Bonchev–Trinajstić information content (AvgIpc) is 1.96. The third-order valence-electron chi connectivity index (χ3n) is 1.34. The van der Waals surface area contributed by atoms with Crippen molar-refractivity contribution in [1.29, 1.82) is 0 Å². The molecule has 0 saturated heterocycles. The summed E-state index contributed by atoms with van der Waals surface area (Å²) in [4.78, 5) is 20.3. The first kappa shape index (κ1) is 11.9. The molecule has 0 aromatic carbocycles. The number of amides is 1. The van der Waals surface area contributed by atoms with Crippen LogP contribution in [0, 0.1) is 0 Å². The minimum Gasteiger partial charge on any atom is -0.481 e. The molecule has 6 heteroatoms. The van der Waals surface area contributed by atoms with Gasteiger partial charge in [0.25, 0.3) is 0 Å². The second-order valence-electron chi connectivity index (χ2n) is 2.67. The topological polar surface area (TPSA) is 113 Å². The van der Waals surface area contributed by atoms with Gasteiger partial charge in [0.05, 0.1) is 12.5 Å². The minimum absolute atomic E-state index is 0.152.